The molecule has 1 aliphatic heterocycles. The van der Waals surface area contributed by atoms with Crippen LogP contribution in [0.2, 0.25) is 0 Å². The van der Waals surface area contributed by atoms with E-state index in [1.807, 2.05) is 6.92 Å². The van der Waals surface area contributed by atoms with Gasteiger partial charge in [0.2, 0.25) is 0 Å². The molecule has 0 amide bonds. The first-order valence-corrected chi connectivity index (χ1v) is 15.3. The molecule has 0 saturated carbocycles. The van der Waals surface area contributed by atoms with Crippen LogP contribution in [0, 0.1) is 0 Å². The van der Waals surface area contributed by atoms with Crippen molar-refractivity contribution >= 4 is 81.0 Å². The van der Waals surface area contributed by atoms with Crippen molar-refractivity contribution in [3.63, 3.8) is 0 Å². The number of rotatable bonds is 4. The average molecular weight is 578 g/mol. The fraction of sp³-hybridized carbons (Fsp3) is 0.0938. The molecule has 1 aliphatic rings. The van der Waals surface area contributed by atoms with E-state index in [2.05, 4.69) is 110 Å². The first-order valence-electron chi connectivity index (χ1n) is 12.2. The predicted octanol–water partition coefficient (Wildman–Crippen LogP) is 10.1. The molecule has 190 valence electrons. The third-order valence-corrected chi connectivity index (χ3v) is 6.61. The van der Waals surface area contributed by atoms with Gasteiger partial charge >= 0.3 is 33.3 Å². The predicted molar refractivity (Wildman–Crippen MR) is 163 cm³/mol. The van der Waals surface area contributed by atoms with Crippen LogP contribution in [0.4, 0.5) is 11.4 Å². The summed E-state index contributed by atoms with van der Waals surface area (Å²) in [7, 11) is 9.53. The maximum atomic E-state index is 5.13. The third-order valence-electron chi connectivity index (χ3n) is 6.61. The number of aliphatic imine (C=N–C) groups is 3. The SMILES string of the molecule is CC(=Nc1cccc2ccccc12)C1=CCC(C(C)=Nc2c3ccccc3cc3ccccc23)=N1.[Cl][Fe][Cl]. The molecule has 0 fully saturated rings. The first-order chi connectivity index (χ1) is 18.6. The number of fused-ring (bicyclic) bond motifs is 3. The van der Waals surface area contributed by atoms with E-state index in [0.717, 1.165) is 56.8 Å². The second kappa shape index (κ2) is 12.1. The van der Waals surface area contributed by atoms with Crippen LogP contribution in [-0.4, -0.2) is 17.1 Å². The Bertz CT molecular complexity index is 1710. The molecular formula is C32H25Cl2FeN3. The van der Waals surface area contributed by atoms with Crippen molar-refractivity contribution in [3.05, 3.63) is 109 Å². The molecule has 6 rings (SSSR count). The normalized spacial score (nSPS) is 14.0. The molecule has 0 bridgehead atoms. The van der Waals surface area contributed by atoms with Crippen LogP contribution in [-0.2, 0) is 13.1 Å². The average Bonchev–Trinajstić information content (AvgIpc) is 3.44. The minimum atomic E-state index is 0.194. The van der Waals surface area contributed by atoms with E-state index in [1.54, 1.807) is 0 Å². The summed E-state index contributed by atoms with van der Waals surface area (Å²) in [6, 6.07) is 33.7. The second-order valence-electron chi connectivity index (χ2n) is 8.96. The Kier molecular flexibility index (Phi) is 8.36. The molecule has 5 aromatic rings. The van der Waals surface area contributed by atoms with Crippen LogP contribution in [0.5, 0.6) is 0 Å². The van der Waals surface area contributed by atoms with Gasteiger partial charge in [0.25, 0.3) is 0 Å². The summed E-state index contributed by atoms with van der Waals surface area (Å²) < 4.78 is 0. The first kappa shape index (κ1) is 26.3. The van der Waals surface area contributed by atoms with E-state index in [9.17, 15) is 0 Å². The summed E-state index contributed by atoms with van der Waals surface area (Å²) in [5, 5.41) is 7.05. The summed E-state index contributed by atoms with van der Waals surface area (Å²) in [4.78, 5) is 15.0. The van der Waals surface area contributed by atoms with Crippen LogP contribution in [0.15, 0.2) is 124 Å². The summed E-state index contributed by atoms with van der Waals surface area (Å²) in [5.41, 5.74) is 5.75. The minimum absolute atomic E-state index is 0.194. The van der Waals surface area contributed by atoms with Crippen molar-refractivity contribution in [2.75, 3.05) is 0 Å². The van der Waals surface area contributed by atoms with E-state index in [-0.39, 0.29) is 13.1 Å². The van der Waals surface area contributed by atoms with Crippen molar-refractivity contribution in [2.24, 2.45) is 15.0 Å². The molecule has 0 unspecified atom stereocenters. The molecule has 1 heterocycles. The molecule has 5 aromatic carbocycles. The van der Waals surface area contributed by atoms with Crippen LogP contribution >= 0.6 is 20.2 Å². The van der Waals surface area contributed by atoms with Crippen molar-refractivity contribution in [1.29, 1.82) is 0 Å². The number of nitrogens with zero attached hydrogens (tertiary/aromatic N) is 3. The zero-order valence-corrected chi connectivity index (χ0v) is 23.6. The van der Waals surface area contributed by atoms with Crippen LogP contribution in [0.1, 0.15) is 20.3 Å². The van der Waals surface area contributed by atoms with E-state index >= 15 is 0 Å². The van der Waals surface area contributed by atoms with Gasteiger partial charge in [0.1, 0.15) is 0 Å². The Morgan fingerprint density at radius 1 is 0.684 bits per heavy atom. The van der Waals surface area contributed by atoms with E-state index in [4.69, 9.17) is 35.2 Å². The summed E-state index contributed by atoms with van der Waals surface area (Å²) in [6.07, 6.45) is 2.91. The topological polar surface area (TPSA) is 37.1 Å². The van der Waals surface area contributed by atoms with Crippen LogP contribution in [0.3, 0.4) is 0 Å². The van der Waals surface area contributed by atoms with Crippen molar-refractivity contribution in [2.45, 2.75) is 20.3 Å². The Labute approximate surface area is 237 Å². The van der Waals surface area contributed by atoms with Gasteiger partial charge in [-0.3, -0.25) is 9.98 Å². The number of benzene rings is 5. The Balaban J connectivity index is 0.000000937. The molecular weight excluding hydrogens is 553 g/mol. The number of hydrogen-bond acceptors (Lipinski definition) is 3. The zero-order chi connectivity index (χ0) is 26.5. The molecule has 0 aliphatic carbocycles. The number of hydrogen-bond donors (Lipinski definition) is 0. The van der Waals surface area contributed by atoms with E-state index in [1.165, 1.54) is 16.2 Å². The summed E-state index contributed by atoms with van der Waals surface area (Å²) >= 11 is 0.194. The van der Waals surface area contributed by atoms with Crippen molar-refractivity contribution in [3.8, 4) is 0 Å². The molecule has 0 aromatic heterocycles. The second-order valence-corrected chi connectivity index (χ2v) is 10.8. The van der Waals surface area contributed by atoms with Gasteiger partial charge in [-0.2, -0.15) is 0 Å². The Hall–Kier alpha value is -3.27. The quantitative estimate of drug-likeness (QED) is 0.116. The van der Waals surface area contributed by atoms with Gasteiger partial charge in [0.05, 0.1) is 34.2 Å². The van der Waals surface area contributed by atoms with E-state index in [0.29, 0.717) is 0 Å². The molecule has 3 nitrogen and oxygen atoms in total. The fourth-order valence-electron chi connectivity index (χ4n) is 4.77. The van der Waals surface area contributed by atoms with Gasteiger partial charge in [-0.25, -0.2) is 4.99 Å². The Morgan fingerprint density at radius 2 is 1.24 bits per heavy atom. The fourth-order valence-corrected chi connectivity index (χ4v) is 4.77. The molecule has 0 saturated heterocycles. The monoisotopic (exact) mass is 577 g/mol. The molecule has 6 heteroatoms. The van der Waals surface area contributed by atoms with Crippen molar-refractivity contribution < 1.29 is 13.1 Å². The molecule has 0 atom stereocenters. The maximum absolute atomic E-state index is 5.13. The Morgan fingerprint density at radius 3 is 1.89 bits per heavy atom. The number of allylic oxidation sites excluding steroid dienone is 2. The molecule has 38 heavy (non-hydrogen) atoms. The van der Waals surface area contributed by atoms with Crippen LogP contribution < -0.4 is 0 Å². The van der Waals surface area contributed by atoms with Gasteiger partial charge in [0, 0.05) is 22.6 Å². The van der Waals surface area contributed by atoms with Gasteiger partial charge < -0.3 is 0 Å². The molecule has 0 N–H and O–H groups in total. The zero-order valence-electron chi connectivity index (χ0n) is 21.0. The third kappa shape index (κ3) is 5.60. The molecule has 0 radical (unpaired) electrons. The summed E-state index contributed by atoms with van der Waals surface area (Å²) in [5.74, 6) is 0. The van der Waals surface area contributed by atoms with Crippen LogP contribution in [0.25, 0.3) is 32.3 Å². The van der Waals surface area contributed by atoms with Gasteiger partial charge in [-0.15, -0.1) is 0 Å². The van der Waals surface area contributed by atoms with E-state index < -0.39 is 0 Å². The van der Waals surface area contributed by atoms with Gasteiger partial charge in [-0.05, 0) is 42.1 Å². The number of halogens is 2. The standard InChI is InChI=1S/C32H25N3.2ClH.Fe/c1-21(33-31-17-9-13-23-10-3-6-14-26(23)31)29-18-19-30(35-29)22(2)34-32-27-15-7-4-11-24(27)20-25-12-5-8-16-28(25)32;;;/h3-18,20H,19H2,1-2H3;2*1H;/q;;;+2/p-2. The van der Waals surface area contributed by atoms with Gasteiger partial charge in [-0.1, -0.05) is 91.0 Å². The summed E-state index contributed by atoms with van der Waals surface area (Å²) in [6.45, 7) is 4.09. The van der Waals surface area contributed by atoms with Gasteiger partial charge in [0.15, 0.2) is 0 Å². The molecule has 0 spiro atoms. The van der Waals surface area contributed by atoms with Crippen molar-refractivity contribution in [1.82, 2.24) is 0 Å².